The Morgan fingerprint density at radius 2 is 1.67 bits per heavy atom. The van der Waals surface area contributed by atoms with Gasteiger partial charge in [0.25, 0.3) is 0 Å². The summed E-state index contributed by atoms with van der Waals surface area (Å²) in [6.07, 6.45) is -3.17. The molecule has 1 aliphatic rings. The van der Waals surface area contributed by atoms with Crippen LogP contribution in [0.3, 0.4) is 0 Å². The normalized spacial score (nSPS) is 32.8. The van der Waals surface area contributed by atoms with Crippen molar-refractivity contribution in [1.29, 1.82) is 0 Å². The van der Waals surface area contributed by atoms with Gasteiger partial charge in [0.05, 0.1) is 5.03 Å². The van der Waals surface area contributed by atoms with Gasteiger partial charge in [-0.1, -0.05) is 34.8 Å². The maximum Gasteiger partial charge on any atom is 0.322 e. The molecule has 0 heterocycles. The van der Waals surface area contributed by atoms with Crippen LogP contribution in [0.2, 0.25) is 0 Å². The van der Waals surface area contributed by atoms with Gasteiger partial charge in [-0.25, -0.2) is 8.78 Å². The molecule has 7 heteroatoms. The van der Waals surface area contributed by atoms with Gasteiger partial charge in [0.1, 0.15) is 0 Å². The minimum absolute atomic E-state index is 1.19. The number of hydrogen-bond acceptors (Lipinski definition) is 0. The molecule has 0 nitrogen and oxygen atoms in total. The maximum atomic E-state index is 12.6. The molecule has 1 aliphatic carbocycles. The second-order valence-corrected chi connectivity index (χ2v) is 3.93. The quantitative estimate of drug-likeness (QED) is 0.451. The van der Waals surface area contributed by atoms with E-state index in [-0.39, 0.29) is 0 Å². The molecule has 0 aromatic heterocycles. The lowest BCUT2D eigenvalue weighted by atomic mass is 10.2. The molecular weight excluding hydrogens is 242 g/mol. The van der Waals surface area contributed by atoms with Gasteiger partial charge in [0, 0.05) is 0 Å². The van der Waals surface area contributed by atoms with E-state index in [2.05, 4.69) is 0 Å². The van der Waals surface area contributed by atoms with E-state index >= 15 is 0 Å². The van der Waals surface area contributed by atoms with E-state index in [0.29, 0.717) is 0 Å². The van der Waals surface area contributed by atoms with Crippen molar-refractivity contribution in [2.45, 2.75) is 16.4 Å². The molecule has 1 unspecified atom stereocenters. The van der Waals surface area contributed by atoms with Crippen LogP contribution in [0, 0.1) is 0 Å². The van der Waals surface area contributed by atoms with Crippen LogP contribution in [0.5, 0.6) is 0 Å². The lowest BCUT2D eigenvalue weighted by Gasteiger charge is -2.22. The van der Waals surface area contributed by atoms with Crippen molar-refractivity contribution in [3.8, 4) is 0 Å². The van der Waals surface area contributed by atoms with Crippen molar-refractivity contribution in [3.05, 3.63) is 10.9 Å². The summed E-state index contributed by atoms with van der Waals surface area (Å²) in [6, 6.07) is 0. The van der Waals surface area contributed by atoms with Crippen LogP contribution < -0.4 is 0 Å². The predicted molar refractivity (Wildman–Crippen MR) is 38.3 cm³/mol. The number of alkyl halides is 5. The van der Waals surface area contributed by atoms with Gasteiger partial charge in [0.15, 0.2) is 5.83 Å². The second kappa shape index (κ2) is 2.66. The highest BCUT2D eigenvalue weighted by molar-refractivity contribution is 6.57. The minimum atomic E-state index is -4.22. The molecule has 1 rings (SSSR count). The summed E-state index contributed by atoms with van der Waals surface area (Å²) in [5, 5.41) is -1.19. The molecule has 0 bridgehead atoms. The Morgan fingerprint density at radius 3 is 1.75 bits per heavy atom. The number of hydrogen-bond donors (Lipinski definition) is 0. The summed E-state index contributed by atoms with van der Waals surface area (Å²) in [4.78, 5) is 0. The van der Waals surface area contributed by atoms with Crippen LogP contribution in [-0.2, 0) is 0 Å². The summed E-state index contributed by atoms with van der Waals surface area (Å²) >= 11 is 14.8. The van der Waals surface area contributed by atoms with Crippen molar-refractivity contribution < 1.29 is 17.6 Å². The molecule has 0 aliphatic heterocycles. The zero-order valence-electron chi connectivity index (χ0n) is 5.22. The van der Waals surface area contributed by atoms with Crippen molar-refractivity contribution in [1.82, 2.24) is 0 Å². The smallest absolute Gasteiger partial charge is 0.233 e. The van der Waals surface area contributed by atoms with E-state index in [1.54, 1.807) is 0 Å². The Balaban J connectivity index is 3.22. The van der Waals surface area contributed by atoms with E-state index in [1.165, 1.54) is 0 Å². The fraction of sp³-hybridized carbons (Fsp3) is 0.600. The highest BCUT2D eigenvalue weighted by Crippen LogP contribution is 2.56. The average Bonchev–Trinajstić information content (AvgIpc) is 2.05. The van der Waals surface area contributed by atoms with E-state index < -0.39 is 27.3 Å². The molecule has 0 N–H and O–H groups in total. The second-order valence-electron chi connectivity index (χ2n) is 2.22. The summed E-state index contributed by atoms with van der Waals surface area (Å²) in [7, 11) is 0. The molecule has 0 aromatic carbocycles. The largest absolute Gasteiger partial charge is 0.322 e. The Kier molecular flexibility index (Phi) is 2.31. The molecule has 1 atom stereocenters. The Hall–Kier alpha value is 0.330. The highest BCUT2D eigenvalue weighted by Gasteiger charge is 2.67. The van der Waals surface area contributed by atoms with Crippen LogP contribution in [0.1, 0.15) is 0 Å². The van der Waals surface area contributed by atoms with Crippen LogP contribution >= 0.6 is 34.8 Å². The third-order valence-electron chi connectivity index (χ3n) is 1.44. The Labute approximate surface area is 80.1 Å². The number of rotatable bonds is 0. The highest BCUT2D eigenvalue weighted by atomic mass is 35.5. The monoisotopic (exact) mass is 242 g/mol. The lowest BCUT2D eigenvalue weighted by molar-refractivity contribution is -0.0554. The topological polar surface area (TPSA) is 0 Å². The van der Waals surface area contributed by atoms with E-state index in [0.717, 1.165) is 0 Å². The zero-order chi connectivity index (χ0) is 9.73. The first-order valence-electron chi connectivity index (χ1n) is 2.68. The van der Waals surface area contributed by atoms with Crippen LogP contribution in [-0.4, -0.2) is 16.4 Å². The van der Waals surface area contributed by atoms with Crippen LogP contribution in [0.15, 0.2) is 10.9 Å². The SMILES string of the molecule is FC1=C(Cl)C(Cl)(Cl)C(F)(F)C1F. The van der Waals surface area contributed by atoms with Gasteiger partial charge in [-0.05, 0) is 0 Å². The van der Waals surface area contributed by atoms with Gasteiger partial charge >= 0.3 is 5.92 Å². The van der Waals surface area contributed by atoms with Gasteiger partial charge < -0.3 is 0 Å². The molecule has 70 valence electrons. The molecule has 0 saturated heterocycles. The van der Waals surface area contributed by atoms with Crippen LogP contribution in [0.25, 0.3) is 0 Å². The van der Waals surface area contributed by atoms with Crippen molar-refractivity contribution in [2.24, 2.45) is 0 Å². The Morgan fingerprint density at radius 1 is 1.25 bits per heavy atom. The third-order valence-corrected chi connectivity index (χ3v) is 2.98. The molecule has 0 radical (unpaired) electrons. The van der Waals surface area contributed by atoms with Gasteiger partial charge in [-0.15, -0.1) is 0 Å². The summed E-state index contributed by atoms with van der Waals surface area (Å²) in [6.45, 7) is 0. The fourth-order valence-electron chi connectivity index (χ4n) is 0.726. The molecule has 0 saturated carbocycles. The minimum Gasteiger partial charge on any atom is -0.233 e. The fourth-order valence-corrected chi connectivity index (χ4v) is 1.32. The molecule has 0 amide bonds. The van der Waals surface area contributed by atoms with Gasteiger partial charge in [0.2, 0.25) is 10.5 Å². The standard InChI is InChI=1S/C5HCl3F4/c6-2-1(9)3(10)5(11,12)4(2,7)8/h3H. The van der Waals surface area contributed by atoms with Gasteiger partial charge in [-0.3, -0.25) is 0 Å². The van der Waals surface area contributed by atoms with Gasteiger partial charge in [-0.2, -0.15) is 8.78 Å². The zero-order valence-corrected chi connectivity index (χ0v) is 7.49. The first-order chi connectivity index (χ1) is 5.23. The van der Waals surface area contributed by atoms with E-state index in [1.807, 2.05) is 0 Å². The molecule has 0 spiro atoms. The van der Waals surface area contributed by atoms with E-state index in [4.69, 9.17) is 34.8 Å². The summed E-state index contributed by atoms with van der Waals surface area (Å²) in [5.41, 5.74) is 0. The van der Waals surface area contributed by atoms with Crippen molar-refractivity contribution in [3.63, 3.8) is 0 Å². The summed E-state index contributed by atoms with van der Waals surface area (Å²) < 4.78 is 47.1. The van der Waals surface area contributed by atoms with Crippen LogP contribution in [0.4, 0.5) is 17.6 Å². The predicted octanol–water partition coefficient (Wildman–Crippen LogP) is 3.57. The number of halogens is 7. The van der Waals surface area contributed by atoms with Crippen molar-refractivity contribution >= 4 is 34.8 Å². The first-order valence-corrected chi connectivity index (χ1v) is 3.81. The van der Waals surface area contributed by atoms with Crippen molar-refractivity contribution in [2.75, 3.05) is 0 Å². The lowest BCUT2D eigenvalue weighted by Crippen LogP contribution is -2.40. The third kappa shape index (κ3) is 1.05. The first kappa shape index (κ1) is 10.4. The maximum absolute atomic E-state index is 12.6. The van der Waals surface area contributed by atoms with E-state index in [9.17, 15) is 17.6 Å². The molecule has 12 heavy (non-hydrogen) atoms. The molecular formula is C5HCl3F4. The molecule has 0 fully saturated rings. The number of allylic oxidation sites excluding steroid dienone is 2. The summed E-state index contributed by atoms with van der Waals surface area (Å²) in [5.74, 6) is -6.04. The molecule has 0 aromatic rings. The average molecular weight is 243 g/mol. The Bertz CT molecular complexity index is 247.